The van der Waals surface area contributed by atoms with Crippen molar-refractivity contribution in [2.24, 2.45) is 0 Å². The second kappa shape index (κ2) is 5.90. The van der Waals surface area contributed by atoms with E-state index in [-0.39, 0.29) is 5.78 Å². The van der Waals surface area contributed by atoms with Gasteiger partial charge >= 0.3 is 0 Å². The highest BCUT2D eigenvalue weighted by molar-refractivity contribution is 5.99. The van der Waals surface area contributed by atoms with Crippen molar-refractivity contribution in [2.45, 2.75) is 33.2 Å². The van der Waals surface area contributed by atoms with Gasteiger partial charge in [-0.3, -0.25) is 9.48 Å². The Hall–Kier alpha value is -2.10. The van der Waals surface area contributed by atoms with E-state index in [1.54, 1.807) is 7.11 Å². The van der Waals surface area contributed by atoms with E-state index in [4.69, 9.17) is 4.74 Å². The molecule has 0 saturated carbocycles. The summed E-state index contributed by atoms with van der Waals surface area (Å²) in [7, 11) is 1.58. The first-order chi connectivity index (χ1) is 9.51. The molecular weight excluding hydrogens is 252 g/mol. The lowest BCUT2D eigenvalue weighted by atomic mass is 10.0. The molecule has 20 heavy (non-hydrogen) atoms. The molecule has 0 fully saturated rings. The van der Waals surface area contributed by atoms with Gasteiger partial charge < -0.3 is 4.74 Å². The lowest BCUT2D eigenvalue weighted by Gasteiger charge is -2.08. The van der Waals surface area contributed by atoms with Crippen molar-refractivity contribution in [3.8, 4) is 5.75 Å². The van der Waals surface area contributed by atoms with Gasteiger partial charge in [-0.25, -0.2) is 0 Å². The molecule has 2 rings (SSSR count). The van der Waals surface area contributed by atoms with Crippen LogP contribution in [0, 0.1) is 6.92 Å². The van der Waals surface area contributed by atoms with Crippen LogP contribution in [0.25, 0.3) is 0 Å². The molecule has 0 aliphatic carbocycles. The number of hydrogen-bond acceptors (Lipinski definition) is 3. The number of aromatic nitrogens is 2. The normalized spacial score (nSPS) is 10.8. The average Bonchev–Trinajstić information content (AvgIpc) is 2.87. The van der Waals surface area contributed by atoms with Gasteiger partial charge in [-0.1, -0.05) is 11.6 Å². The van der Waals surface area contributed by atoms with E-state index >= 15 is 0 Å². The van der Waals surface area contributed by atoms with Gasteiger partial charge in [0, 0.05) is 12.2 Å². The summed E-state index contributed by atoms with van der Waals surface area (Å²) in [4.78, 5) is 12.4. The van der Waals surface area contributed by atoms with Crippen LogP contribution in [0.1, 0.15) is 41.5 Å². The largest absolute Gasteiger partial charge is 0.496 e. The molecule has 2 aromatic rings. The maximum absolute atomic E-state index is 12.4. The van der Waals surface area contributed by atoms with Crippen LogP contribution in [0.5, 0.6) is 5.75 Å². The highest BCUT2D eigenvalue weighted by Crippen LogP contribution is 2.21. The topological polar surface area (TPSA) is 44.1 Å². The maximum atomic E-state index is 12.4. The molecule has 106 valence electrons. The predicted molar refractivity (Wildman–Crippen MR) is 78.4 cm³/mol. The van der Waals surface area contributed by atoms with Crippen LogP contribution in [0.15, 0.2) is 30.5 Å². The summed E-state index contributed by atoms with van der Waals surface area (Å²) in [6, 6.07) is 7.81. The molecule has 4 nitrogen and oxygen atoms in total. The lowest BCUT2D eigenvalue weighted by Crippen LogP contribution is -2.08. The minimum atomic E-state index is 0.0274. The molecule has 0 bridgehead atoms. The van der Waals surface area contributed by atoms with Crippen molar-refractivity contribution in [1.29, 1.82) is 0 Å². The number of carbonyl (C=O) groups excluding carboxylic acids is 1. The van der Waals surface area contributed by atoms with Gasteiger partial charge in [-0.2, -0.15) is 5.10 Å². The second-order valence-corrected chi connectivity index (χ2v) is 5.18. The highest BCUT2D eigenvalue weighted by atomic mass is 16.5. The summed E-state index contributed by atoms with van der Waals surface area (Å²) in [5, 5.41) is 4.41. The first-order valence-corrected chi connectivity index (χ1v) is 6.73. The predicted octanol–water partition coefficient (Wildman–Crippen LogP) is 3.21. The first kappa shape index (κ1) is 14.3. The summed E-state index contributed by atoms with van der Waals surface area (Å²) in [5.41, 5.74) is 2.45. The third kappa shape index (κ3) is 3.07. The Morgan fingerprint density at radius 3 is 2.70 bits per heavy atom. The van der Waals surface area contributed by atoms with E-state index < -0.39 is 0 Å². The smallest absolute Gasteiger partial charge is 0.172 e. The Morgan fingerprint density at radius 2 is 2.10 bits per heavy atom. The SMILES string of the molecule is COc1ccc(C)cc1C(=O)Cc1ccn(C(C)C)n1. The molecular formula is C16H20N2O2. The molecule has 4 heteroatoms. The molecule has 0 radical (unpaired) electrons. The van der Waals surface area contributed by atoms with Crippen LogP contribution in [-0.4, -0.2) is 22.7 Å². The van der Waals surface area contributed by atoms with E-state index in [1.165, 1.54) is 0 Å². The number of rotatable bonds is 5. The van der Waals surface area contributed by atoms with Crippen LogP contribution in [0.3, 0.4) is 0 Å². The van der Waals surface area contributed by atoms with Gasteiger partial charge in [0.25, 0.3) is 0 Å². The summed E-state index contributed by atoms with van der Waals surface area (Å²) in [6.45, 7) is 6.08. The van der Waals surface area contributed by atoms with Gasteiger partial charge in [0.2, 0.25) is 0 Å². The number of Topliss-reactive ketones (excluding diaryl/α,β-unsaturated/α-hetero) is 1. The minimum absolute atomic E-state index is 0.0274. The molecule has 0 saturated heterocycles. The fraction of sp³-hybridized carbons (Fsp3) is 0.375. The highest BCUT2D eigenvalue weighted by Gasteiger charge is 2.14. The number of nitrogens with zero attached hydrogens (tertiary/aromatic N) is 2. The summed E-state index contributed by atoms with van der Waals surface area (Å²) in [6.07, 6.45) is 2.19. The number of carbonyl (C=O) groups is 1. The molecule has 0 aliphatic rings. The molecule has 0 unspecified atom stereocenters. The summed E-state index contributed by atoms with van der Waals surface area (Å²) in [5.74, 6) is 0.642. The third-order valence-corrected chi connectivity index (χ3v) is 3.19. The van der Waals surface area contributed by atoms with Crippen LogP contribution < -0.4 is 4.74 Å². The van der Waals surface area contributed by atoms with Crippen LogP contribution in [0.2, 0.25) is 0 Å². The van der Waals surface area contributed by atoms with Gasteiger partial charge in [0.1, 0.15) is 5.75 Å². The van der Waals surface area contributed by atoms with Crippen LogP contribution in [0.4, 0.5) is 0 Å². The average molecular weight is 272 g/mol. The van der Waals surface area contributed by atoms with E-state index in [2.05, 4.69) is 18.9 Å². The van der Waals surface area contributed by atoms with E-state index in [0.717, 1.165) is 11.3 Å². The number of methoxy groups -OCH3 is 1. The molecule has 0 amide bonds. The van der Waals surface area contributed by atoms with E-state index in [9.17, 15) is 4.79 Å². The Kier molecular flexibility index (Phi) is 4.23. The minimum Gasteiger partial charge on any atom is -0.496 e. The van der Waals surface area contributed by atoms with Crippen molar-refractivity contribution in [3.63, 3.8) is 0 Å². The molecule has 1 heterocycles. The first-order valence-electron chi connectivity index (χ1n) is 6.73. The Bertz CT molecular complexity index is 615. The number of ketones is 1. The zero-order valence-corrected chi connectivity index (χ0v) is 12.4. The van der Waals surface area contributed by atoms with E-state index in [0.29, 0.717) is 23.8 Å². The quantitative estimate of drug-likeness (QED) is 0.785. The molecule has 0 spiro atoms. The van der Waals surface area contributed by atoms with Crippen molar-refractivity contribution < 1.29 is 9.53 Å². The second-order valence-electron chi connectivity index (χ2n) is 5.18. The van der Waals surface area contributed by atoms with Crippen LogP contribution in [-0.2, 0) is 6.42 Å². The molecule has 1 aromatic heterocycles. The number of benzene rings is 1. The monoisotopic (exact) mass is 272 g/mol. The van der Waals surface area contributed by atoms with Crippen molar-refractivity contribution >= 4 is 5.78 Å². The van der Waals surface area contributed by atoms with Gasteiger partial charge in [-0.15, -0.1) is 0 Å². The van der Waals surface area contributed by atoms with Gasteiger partial charge in [-0.05, 0) is 39.0 Å². The Morgan fingerprint density at radius 1 is 1.35 bits per heavy atom. The Balaban J connectivity index is 2.21. The molecule has 0 N–H and O–H groups in total. The molecule has 0 aliphatic heterocycles. The number of hydrogen-bond donors (Lipinski definition) is 0. The van der Waals surface area contributed by atoms with E-state index in [1.807, 2.05) is 42.1 Å². The Labute approximate surface area is 119 Å². The summed E-state index contributed by atoms with van der Waals surface area (Å²) < 4.78 is 7.11. The van der Waals surface area contributed by atoms with Crippen LogP contribution >= 0.6 is 0 Å². The lowest BCUT2D eigenvalue weighted by molar-refractivity contribution is 0.0988. The van der Waals surface area contributed by atoms with Crippen molar-refractivity contribution in [3.05, 3.63) is 47.3 Å². The van der Waals surface area contributed by atoms with Crippen molar-refractivity contribution in [2.75, 3.05) is 7.11 Å². The fourth-order valence-electron chi connectivity index (χ4n) is 2.06. The third-order valence-electron chi connectivity index (χ3n) is 3.19. The van der Waals surface area contributed by atoms with Gasteiger partial charge in [0.05, 0.1) is 24.8 Å². The molecule has 1 aromatic carbocycles. The summed E-state index contributed by atoms with van der Waals surface area (Å²) >= 11 is 0. The fourth-order valence-corrected chi connectivity index (χ4v) is 2.06. The van der Waals surface area contributed by atoms with Crippen molar-refractivity contribution in [1.82, 2.24) is 9.78 Å². The number of ether oxygens (including phenoxy) is 1. The van der Waals surface area contributed by atoms with Gasteiger partial charge in [0.15, 0.2) is 5.78 Å². The maximum Gasteiger partial charge on any atom is 0.172 e. The number of aryl methyl sites for hydroxylation is 1. The standard InChI is InChI=1S/C16H20N2O2/c1-11(2)18-8-7-13(17-18)10-15(19)14-9-12(3)5-6-16(14)20-4/h5-9,11H,10H2,1-4H3. The molecule has 0 atom stereocenters. The zero-order chi connectivity index (χ0) is 14.7. The zero-order valence-electron chi connectivity index (χ0n) is 12.4.